The van der Waals surface area contributed by atoms with Gasteiger partial charge in [-0.3, -0.25) is 4.79 Å². The van der Waals surface area contributed by atoms with Crippen LogP contribution >= 0.6 is 11.6 Å². The third kappa shape index (κ3) is 5.42. The lowest BCUT2D eigenvalue weighted by Crippen LogP contribution is -2.47. The van der Waals surface area contributed by atoms with Gasteiger partial charge in [0.05, 0.1) is 17.7 Å². The molecule has 1 aromatic rings. The maximum Gasteiger partial charge on any atom is 0.251 e. The monoisotopic (exact) mass is 344 g/mol. The third-order valence-electron chi connectivity index (χ3n) is 3.93. The summed E-state index contributed by atoms with van der Waals surface area (Å²) in [6.45, 7) is 2.47. The second-order valence-electron chi connectivity index (χ2n) is 5.79. The molecule has 1 aromatic carbocycles. The molecule has 1 aliphatic heterocycles. The van der Waals surface area contributed by atoms with Crippen molar-refractivity contribution < 1.29 is 19.0 Å². The van der Waals surface area contributed by atoms with Gasteiger partial charge < -0.3 is 20.1 Å². The molecule has 0 radical (unpaired) electrons. The molecular formula is C16H22ClFN2O3. The summed E-state index contributed by atoms with van der Waals surface area (Å²) in [7, 11) is 1.56. The fourth-order valence-electron chi connectivity index (χ4n) is 2.71. The minimum Gasteiger partial charge on any atom is -0.389 e. The number of β-amino-alcohol motifs (C(OH)–C–C–N with tert-alkyl or cyclic N) is 1. The van der Waals surface area contributed by atoms with Gasteiger partial charge in [0, 0.05) is 38.3 Å². The van der Waals surface area contributed by atoms with Crippen LogP contribution in [0.15, 0.2) is 18.2 Å². The van der Waals surface area contributed by atoms with Gasteiger partial charge in [-0.1, -0.05) is 11.6 Å². The zero-order valence-electron chi connectivity index (χ0n) is 13.1. The number of benzene rings is 1. The summed E-state index contributed by atoms with van der Waals surface area (Å²) in [6, 6.07) is 4.09. The van der Waals surface area contributed by atoms with E-state index in [1.807, 2.05) is 0 Å². The van der Waals surface area contributed by atoms with Crippen molar-refractivity contribution in [3.8, 4) is 0 Å². The Hall–Kier alpha value is -1.21. The fourth-order valence-corrected chi connectivity index (χ4v) is 2.83. The molecular weight excluding hydrogens is 323 g/mol. The first kappa shape index (κ1) is 18.1. The fraction of sp³-hybridized carbons (Fsp3) is 0.562. The minimum absolute atomic E-state index is 0.00414. The molecule has 1 fully saturated rings. The Morgan fingerprint density at radius 2 is 2.22 bits per heavy atom. The van der Waals surface area contributed by atoms with Gasteiger partial charge in [0.2, 0.25) is 0 Å². The van der Waals surface area contributed by atoms with Crippen LogP contribution in [0.2, 0.25) is 5.02 Å². The summed E-state index contributed by atoms with van der Waals surface area (Å²) in [5.74, 6) is -0.889. The molecule has 1 amide bonds. The Bertz CT molecular complexity index is 536. The van der Waals surface area contributed by atoms with Crippen LogP contribution in [0.25, 0.3) is 0 Å². The summed E-state index contributed by atoms with van der Waals surface area (Å²) in [5.41, 5.74) is 0.268. The van der Waals surface area contributed by atoms with Crippen molar-refractivity contribution >= 4 is 17.5 Å². The average Bonchev–Trinajstić information content (AvgIpc) is 2.52. The Morgan fingerprint density at radius 1 is 1.52 bits per heavy atom. The van der Waals surface area contributed by atoms with Crippen LogP contribution in [-0.4, -0.2) is 61.4 Å². The van der Waals surface area contributed by atoms with Gasteiger partial charge in [-0.25, -0.2) is 4.39 Å². The van der Waals surface area contributed by atoms with E-state index in [0.717, 1.165) is 32.0 Å². The smallest absolute Gasteiger partial charge is 0.251 e. The number of carbonyl (C=O) groups is 1. The number of ether oxygens (including phenoxy) is 1. The molecule has 1 heterocycles. The van der Waals surface area contributed by atoms with E-state index in [9.17, 15) is 14.3 Å². The first-order valence-corrected chi connectivity index (χ1v) is 8.02. The molecule has 1 unspecified atom stereocenters. The first-order chi connectivity index (χ1) is 11.0. The van der Waals surface area contributed by atoms with E-state index in [-0.39, 0.29) is 22.5 Å². The van der Waals surface area contributed by atoms with Crippen molar-refractivity contribution in [2.45, 2.75) is 25.0 Å². The van der Waals surface area contributed by atoms with E-state index in [1.54, 1.807) is 7.11 Å². The highest BCUT2D eigenvalue weighted by Crippen LogP contribution is 2.16. The molecule has 5 nitrogen and oxygen atoms in total. The highest BCUT2D eigenvalue weighted by Gasteiger charge is 2.22. The van der Waals surface area contributed by atoms with Gasteiger partial charge in [0.25, 0.3) is 5.91 Å². The maximum absolute atomic E-state index is 13.4. The van der Waals surface area contributed by atoms with Crippen LogP contribution < -0.4 is 5.32 Å². The van der Waals surface area contributed by atoms with E-state index in [0.29, 0.717) is 13.2 Å². The number of nitrogens with zero attached hydrogens (tertiary/aromatic N) is 1. The van der Waals surface area contributed by atoms with Gasteiger partial charge in [-0.15, -0.1) is 0 Å². The van der Waals surface area contributed by atoms with E-state index in [2.05, 4.69) is 10.2 Å². The summed E-state index contributed by atoms with van der Waals surface area (Å²) in [6.07, 6.45) is 1.09. The Labute approximate surface area is 140 Å². The van der Waals surface area contributed by atoms with Gasteiger partial charge in [0.1, 0.15) is 5.82 Å². The standard InChI is InChI=1S/C16H22ClFN2O3/c1-23-10-13(21)9-20-6-4-12(5-7-20)19-16(22)11-2-3-14(17)15(18)8-11/h2-3,8,12-13,21H,4-7,9-10H2,1H3,(H,19,22). The van der Waals surface area contributed by atoms with Gasteiger partial charge in [-0.05, 0) is 31.0 Å². The summed E-state index contributed by atoms with van der Waals surface area (Å²) < 4.78 is 18.3. The Morgan fingerprint density at radius 3 is 2.83 bits per heavy atom. The number of likely N-dealkylation sites (tertiary alicyclic amines) is 1. The zero-order valence-corrected chi connectivity index (χ0v) is 13.9. The van der Waals surface area contributed by atoms with Crippen LogP contribution in [0.5, 0.6) is 0 Å². The van der Waals surface area contributed by atoms with E-state index >= 15 is 0 Å². The summed E-state index contributed by atoms with van der Waals surface area (Å²) >= 11 is 5.62. The van der Waals surface area contributed by atoms with E-state index < -0.39 is 11.9 Å². The average molecular weight is 345 g/mol. The van der Waals surface area contributed by atoms with Crippen molar-refractivity contribution in [2.75, 3.05) is 33.4 Å². The second kappa shape index (κ2) is 8.59. The molecule has 1 atom stereocenters. The Kier molecular flexibility index (Phi) is 6.77. The van der Waals surface area contributed by atoms with Crippen molar-refractivity contribution in [1.82, 2.24) is 10.2 Å². The molecule has 0 saturated carbocycles. The minimum atomic E-state index is -0.596. The SMILES string of the molecule is COCC(O)CN1CCC(NC(=O)c2ccc(Cl)c(F)c2)CC1. The van der Waals surface area contributed by atoms with Crippen molar-refractivity contribution in [3.05, 3.63) is 34.6 Å². The van der Waals surface area contributed by atoms with Crippen LogP contribution in [0.1, 0.15) is 23.2 Å². The number of aliphatic hydroxyl groups is 1. The number of piperidine rings is 1. The van der Waals surface area contributed by atoms with Crippen LogP contribution in [-0.2, 0) is 4.74 Å². The molecule has 2 N–H and O–H groups in total. The largest absolute Gasteiger partial charge is 0.389 e. The van der Waals surface area contributed by atoms with Crippen molar-refractivity contribution in [2.24, 2.45) is 0 Å². The lowest BCUT2D eigenvalue weighted by molar-refractivity contribution is 0.0309. The lowest BCUT2D eigenvalue weighted by Gasteiger charge is -2.33. The van der Waals surface area contributed by atoms with Crippen LogP contribution in [0.3, 0.4) is 0 Å². The highest BCUT2D eigenvalue weighted by molar-refractivity contribution is 6.30. The predicted molar refractivity (Wildman–Crippen MR) is 86.2 cm³/mol. The number of amides is 1. The highest BCUT2D eigenvalue weighted by atomic mass is 35.5. The quantitative estimate of drug-likeness (QED) is 0.824. The van der Waals surface area contributed by atoms with E-state index in [1.165, 1.54) is 12.1 Å². The molecule has 23 heavy (non-hydrogen) atoms. The zero-order chi connectivity index (χ0) is 16.8. The molecule has 0 bridgehead atoms. The molecule has 128 valence electrons. The molecule has 0 spiro atoms. The number of aliphatic hydroxyl groups excluding tert-OH is 1. The molecule has 0 aliphatic carbocycles. The Balaban J connectivity index is 1.79. The molecule has 1 aliphatic rings. The first-order valence-electron chi connectivity index (χ1n) is 7.65. The van der Waals surface area contributed by atoms with Crippen LogP contribution in [0, 0.1) is 5.82 Å². The third-order valence-corrected chi connectivity index (χ3v) is 4.24. The van der Waals surface area contributed by atoms with Crippen molar-refractivity contribution in [3.63, 3.8) is 0 Å². The van der Waals surface area contributed by atoms with Crippen molar-refractivity contribution in [1.29, 1.82) is 0 Å². The number of methoxy groups -OCH3 is 1. The molecule has 7 heteroatoms. The number of hydrogen-bond donors (Lipinski definition) is 2. The summed E-state index contributed by atoms with van der Waals surface area (Å²) in [5, 5.41) is 12.6. The lowest BCUT2D eigenvalue weighted by atomic mass is 10.0. The number of carbonyl (C=O) groups excluding carboxylic acids is 1. The number of hydrogen-bond acceptors (Lipinski definition) is 4. The normalized spacial score (nSPS) is 17.9. The topological polar surface area (TPSA) is 61.8 Å². The summed E-state index contributed by atoms with van der Waals surface area (Å²) in [4.78, 5) is 14.3. The number of halogens is 2. The van der Waals surface area contributed by atoms with Gasteiger partial charge >= 0.3 is 0 Å². The number of rotatable bonds is 6. The predicted octanol–water partition coefficient (Wildman–Crippen LogP) is 1.68. The maximum atomic E-state index is 13.4. The number of nitrogens with one attached hydrogen (secondary N) is 1. The van der Waals surface area contributed by atoms with Crippen LogP contribution in [0.4, 0.5) is 4.39 Å². The van der Waals surface area contributed by atoms with Gasteiger partial charge in [-0.2, -0.15) is 0 Å². The molecule has 1 saturated heterocycles. The van der Waals surface area contributed by atoms with Gasteiger partial charge in [0.15, 0.2) is 0 Å². The van der Waals surface area contributed by atoms with E-state index in [4.69, 9.17) is 16.3 Å². The second-order valence-corrected chi connectivity index (χ2v) is 6.19. The molecule has 2 rings (SSSR count). The molecule has 0 aromatic heterocycles.